The van der Waals surface area contributed by atoms with Crippen LogP contribution >= 0.6 is 0 Å². The average Bonchev–Trinajstić information content (AvgIpc) is 3.38. The van der Waals surface area contributed by atoms with Crippen LogP contribution in [0.2, 0.25) is 0 Å². The molecule has 31 heavy (non-hydrogen) atoms. The van der Waals surface area contributed by atoms with E-state index in [2.05, 4.69) is 0 Å². The molecular weight excluding hydrogens is 392 g/mol. The Kier molecular flexibility index (Phi) is 5.28. The standard InChI is InChI=1S/C25H28N2O4/c1-18-6-8-19(9-7-18)22(27-17-20-4-2-3-5-21(20)24(27)29)16-23(28)26-12-10-25(11-13-26)30-14-15-31-25/h2-9,22H,10-17H2,1H3/t22-/m1/s1. The molecule has 2 amide bonds. The second-order valence-electron chi connectivity index (χ2n) is 8.71. The maximum Gasteiger partial charge on any atom is 0.255 e. The normalized spacial score (nSPS) is 20.9. The van der Waals surface area contributed by atoms with Crippen LogP contribution in [0.5, 0.6) is 0 Å². The summed E-state index contributed by atoms with van der Waals surface area (Å²) < 4.78 is 11.6. The van der Waals surface area contributed by atoms with Gasteiger partial charge in [0.15, 0.2) is 5.79 Å². The maximum absolute atomic E-state index is 13.3. The zero-order valence-electron chi connectivity index (χ0n) is 17.9. The molecule has 0 aliphatic carbocycles. The molecule has 162 valence electrons. The number of aryl methyl sites for hydroxylation is 1. The van der Waals surface area contributed by atoms with Gasteiger partial charge in [-0.15, -0.1) is 0 Å². The van der Waals surface area contributed by atoms with E-state index in [-0.39, 0.29) is 24.3 Å². The molecule has 1 spiro atoms. The van der Waals surface area contributed by atoms with Crippen LogP contribution in [0.1, 0.15) is 52.4 Å². The maximum atomic E-state index is 13.3. The lowest BCUT2D eigenvalue weighted by Crippen LogP contribution is -2.48. The smallest absolute Gasteiger partial charge is 0.255 e. The number of nitrogens with zero attached hydrogens (tertiary/aromatic N) is 2. The molecule has 3 aliphatic rings. The van der Waals surface area contributed by atoms with Crippen LogP contribution in [-0.2, 0) is 20.8 Å². The van der Waals surface area contributed by atoms with Crippen LogP contribution in [0.15, 0.2) is 48.5 Å². The fourth-order valence-electron chi connectivity index (χ4n) is 4.90. The molecule has 0 aromatic heterocycles. The largest absolute Gasteiger partial charge is 0.347 e. The number of fused-ring (bicyclic) bond motifs is 1. The third kappa shape index (κ3) is 3.86. The van der Waals surface area contributed by atoms with Gasteiger partial charge in [-0.2, -0.15) is 0 Å². The summed E-state index contributed by atoms with van der Waals surface area (Å²) in [6, 6.07) is 15.6. The van der Waals surface area contributed by atoms with Gasteiger partial charge >= 0.3 is 0 Å². The van der Waals surface area contributed by atoms with Crippen molar-refractivity contribution < 1.29 is 19.1 Å². The van der Waals surface area contributed by atoms with Gasteiger partial charge in [-0.05, 0) is 24.1 Å². The van der Waals surface area contributed by atoms with Crippen molar-refractivity contribution in [3.8, 4) is 0 Å². The molecule has 0 N–H and O–H groups in total. The fourth-order valence-corrected chi connectivity index (χ4v) is 4.90. The molecule has 0 bridgehead atoms. The van der Waals surface area contributed by atoms with E-state index in [0.717, 1.165) is 22.3 Å². The summed E-state index contributed by atoms with van der Waals surface area (Å²) in [5.74, 6) is -0.429. The molecule has 3 aliphatic heterocycles. The monoisotopic (exact) mass is 420 g/mol. The molecule has 0 unspecified atom stereocenters. The molecule has 0 saturated carbocycles. The first-order valence-corrected chi connectivity index (χ1v) is 11.1. The van der Waals surface area contributed by atoms with E-state index in [4.69, 9.17) is 9.47 Å². The van der Waals surface area contributed by atoms with E-state index in [0.29, 0.717) is 45.7 Å². The molecular formula is C25H28N2O4. The van der Waals surface area contributed by atoms with Gasteiger partial charge in [-0.1, -0.05) is 48.0 Å². The molecule has 2 saturated heterocycles. The molecule has 6 nitrogen and oxygen atoms in total. The van der Waals surface area contributed by atoms with E-state index in [1.165, 1.54) is 0 Å². The van der Waals surface area contributed by atoms with Crippen molar-refractivity contribution in [3.63, 3.8) is 0 Å². The second-order valence-corrected chi connectivity index (χ2v) is 8.71. The third-order valence-corrected chi connectivity index (χ3v) is 6.75. The Morgan fingerprint density at radius 3 is 2.39 bits per heavy atom. The number of hydrogen-bond acceptors (Lipinski definition) is 4. The number of benzene rings is 2. The minimum Gasteiger partial charge on any atom is -0.347 e. The Morgan fingerprint density at radius 2 is 1.71 bits per heavy atom. The summed E-state index contributed by atoms with van der Waals surface area (Å²) >= 11 is 0. The van der Waals surface area contributed by atoms with Gasteiger partial charge in [0.1, 0.15) is 0 Å². The summed E-state index contributed by atoms with van der Waals surface area (Å²) in [5.41, 5.74) is 3.91. The number of carbonyl (C=O) groups excluding carboxylic acids is 2. The highest BCUT2D eigenvalue weighted by Gasteiger charge is 2.42. The first kappa shape index (κ1) is 20.2. The van der Waals surface area contributed by atoms with Gasteiger partial charge in [-0.3, -0.25) is 9.59 Å². The van der Waals surface area contributed by atoms with Gasteiger partial charge in [0.25, 0.3) is 5.91 Å². The first-order valence-electron chi connectivity index (χ1n) is 11.1. The van der Waals surface area contributed by atoms with Gasteiger partial charge in [-0.25, -0.2) is 0 Å². The summed E-state index contributed by atoms with van der Waals surface area (Å²) in [6.07, 6.45) is 1.67. The van der Waals surface area contributed by atoms with Crippen molar-refractivity contribution >= 4 is 11.8 Å². The number of carbonyl (C=O) groups is 2. The quantitative estimate of drug-likeness (QED) is 0.760. The summed E-state index contributed by atoms with van der Waals surface area (Å²) in [6.45, 7) is 5.06. The number of ether oxygens (including phenoxy) is 2. The zero-order valence-corrected chi connectivity index (χ0v) is 17.9. The number of amides is 2. The highest BCUT2D eigenvalue weighted by molar-refractivity contribution is 5.98. The van der Waals surface area contributed by atoms with E-state index >= 15 is 0 Å². The van der Waals surface area contributed by atoms with Crippen LogP contribution in [0, 0.1) is 6.92 Å². The highest BCUT2D eigenvalue weighted by atomic mass is 16.7. The molecule has 3 heterocycles. The molecule has 2 fully saturated rings. The second kappa shape index (κ2) is 8.09. The van der Waals surface area contributed by atoms with Crippen LogP contribution in [0.4, 0.5) is 0 Å². The SMILES string of the molecule is Cc1ccc([C@@H](CC(=O)N2CCC3(CC2)OCCO3)N2Cc3ccccc3C2=O)cc1. The predicted octanol–water partition coefficient (Wildman–Crippen LogP) is 3.45. The lowest BCUT2D eigenvalue weighted by Gasteiger charge is -2.38. The molecule has 0 radical (unpaired) electrons. The van der Waals surface area contributed by atoms with Crippen molar-refractivity contribution in [1.82, 2.24) is 9.80 Å². The van der Waals surface area contributed by atoms with Gasteiger partial charge in [0.05, 0.1) is 25.7 Å². The minimum absolute atomic E-state index is 0.000622. The van der Waals surface area contributed by atoms with Crippen LogP contribution in [-0.4, -0.2) is 53.7 Å². The van der Waals surface area contributed by atoms with Gasteiger partial charge in [0.2, 0.25) is 5.91 Å². The number of piperidine rings is 1. The van der Waals surface area contributed by atoms with Crippen molar-refractivity contribution in [2.75, 3.05) is 26.3 Å². The molecule has 2 aromatic carbocycles. The summed E-state index contributed by atoms with van der Waals surface area (Å²) in [7, 11) is 0. The Hall–Kier alpha value is -2.70. The summed E-state index contributed by atoms with van der Waals surface area (Å²) in [4.78, 5) is 30.2. The Bertz CT molecular complexity index is 971. The lowest BCUT2D eigenvalue weighted by molar-refractivity contribution is -0.187. The zero-order chi connectivity index (χ0) is 21.4. The van der Waals surface area contributed by atoms with Crippen molar-refractivity contribution in [2.24, 2.45) is 0 Å². The molecule has 2 aromatic rings. The van der Waals surface area contributed by atoms with Crippen LogP contribution in [0.3, 0.4) is 0 Å². The number of rotatable bonds is 4. The Balaban J connectivity index is 1.35. The third-order valence-electron chi connectivity index (χ3n) is 6.75. The highest BCUT2D eigenvalue weighted by Crippen LogP contribution is 2.36. The van der Waals surface area contributed by atoms with E-state index in [1.807, 2.05) is 65.3 Å². The van der Waals surface area contributed by atoms with Gasteiger partial charge < -0.3 is 19.3 Å². The average molecular weight is 421 g/mol. The Labute approximate surface area is 182 Å². The minimum atomic E-state index is -0.500. The molecule has 1 atom stereocenters. The molecule has 6 heteroatoms. The predicted molar refractivity (Wildman–Crippen MR) is 115 cm³/mol. The Morgan fingerprint density at radius 1 is 1.03 bits per heavy atom. The first-order chi connectivity index (χ1) is 15.0. The van der Waals surface area contributed by atoms with Crippen molar-refractivity contribution in [3.05, 3.63) is 70.8 Å². The van der Waals surface area contributed by atoms with E-state index in [1.54, 1.807) is 0 Å². The number of likely N-dealkylation sites (tertiary alicyclic amines) is 1. The fraction of sp³-hybridized carbons (Fsp3) is 0.440. The molecule has 5 rings (SSSR count). The van der Waals surface area contributed by atoms with Crippen LogP contribution < -0.4 is 0 Å². The lowest BCUT2D eigenvalue weighted by atomic mass is 9.98. The van der Waals surface area contributed by atoms with E-state index < -0.39 is 5.79 Å². The van der Waals surface area contributed by atoms with Gasteiger partial charge in [0, 0.05) is 38.0 Å². The van der Waals surface area contributed by atoms with E-state index in [9.17, 15) is 9.59 Å². The summed E-state index contributed by atoms with van der Waals surface area (Å²) in [5, 5.41) is 0. The van der Waals surface area contributed by atoms with Crippen molar-refractivity contribution in [1.29, 1.82) is 0 Å². The van der Waals surface area contributed by atoms with Crippen LogP contribution in [0.25, 0.3) is 0 Å². The topological polar surface area (TPSA) is 59.1 Å². The number of hydrogen-bond donors (Lipinski definition) is 0. The van der Waals surface area contributed by atoms with Crippen molar-refractivity contribution in [2.45, 2.75) is 44.6 Å².